The molecule has 0 spiro atoms. The number of hydrogen-bond acceptors (Lipinski definition) is 2. The fraction of sp³-hybridized carbons (Fsp3) is 0.462. The molecular weight excluding hydrogens is 217 g/mol. The van der Waals surface area contributed by atoms with Crippen LogP contribution < -0.4 is 5.32 Å². The van der Waals surface area contributed by atoms with Gasteiger partial charge in [0.2, 0.25) is 0 Å². The minimum Gasteiger partial charge on any atom is -0.328 e. The third kappa shape index (κ3) is 1.72. The molecule has 0 bridgehead atoms. The summed E-state index contributed by atoms with van der Waals surface area (Å²) in [5, 5.41) is 3.35. The largest absolute Gasteiger partial charge is 0.328 e. The van der Waals surface area contributed by atoms with Crippen molar-refractivity contribution < 1.29 is 4.39 Å². The number of halogens is 1. The number of imidazole rings is 1. The van der Waals surface area contributed by atoms with Crippen LogP contribution in [-0.2, 0) is 6.54 Å². The van der Waals surface area contributed by atoms with Gasteiger partial charge in [0.05, 0.1) is 11.0 Å². The first-order chi connectivity index (χ1) is 8.29. The van der Waals surface area contributed by atoms with E-state index in [9.17, 15) is 4.39 Å². The maximum Gasteiger partial charge on any atom is 0.125 e. The van der Waals surface area contributed by atoms with Gasteiger partial charge in [-0.1, -0.05) is 0 Å². The first kappa shape index (κ1) is 10.7. The molecule has 1 fully saturated rings. The zero-order valence-electron chi connectivity index (χ0n) is 9.91. The zero-order chi connectivity index (χ0) is 11.8. The van der Waals surface area contributed by atoms with Crippen LogP contribution in [0.15, 0.2) is 18.2 Å². The molecule has 1 N–H and O–H groups in total. The molecule has 1 saturated heterocycles. The van der Waals surface area contributed by atoms with E-state index in [1.165, 1.54) is 12.1 Å². The molecule has 3 rings (SSSR count). The van der Waals surface area contributed by atoms with Crippen LogP contribution in [0, 0.1) is 5.82 Å². The summed E-state index contributed by atoms with van der Waals surface area (Å²) in [6, 6.07) is 4.85. The summed E-state index contributed by atoms with van der Waals surface area (Å²) in [6.07, 6.45) is 1.12. The number of aromatic nitrogens is 2. The fourth-order valence-electron chi connectivity index (χ4n) is 2.64. The van der Waals surface area contributed by atoms with E-state index in [2.05, 4.69) is 21.8 Å². The van der Waals surface area contributed by atoms with Crippen LogP contribution in [0.25, 0.3) is 11.0 Å². The molecule has 1 aromatic carbocycles. The van der Waals surface area contributed by atoms with Gasteiger partial charge < -0.3 is 9.88 Å². The van der Waals surface area contributed by atoms with Crippen molar-refractivity contribution in [3.05, 3.63) is 29.8 Å². The first-order valence-corrected chi connectivity index (χ1v) is 6.16. The number of nitrogens with one attached hydrogen (secondary N) is 1. The predicted molar refractivity (Wildman–Crippen MR) is 65.6 cm³/mol. The molecular formula is C13H16FN3. The second kappa shape index (κ2) is 4.11. The third-order valence-electron chi connectivity index (χ3n) is 3.48. The number of nitrogens with zero attached hydrogens (tertiary/aromatic N) is 2. The summed E-state index contributed by atoms with van der Waals surface area (Å²) in [6.45, 7) is 5.02. The van der Waals surface area contributed by atoms with Gasteiger partial charge in [-0.2, -0.15) is 0 Å². The van der Waals surface area contributed by atoms with Crippen molar-refractivity contribution in [2.45, 2.75) is 25.8 Å². The van der Waals surface area contributed by atoms with Gasteiger partial charge in [-0.15, -0.1) is 0 Å². The molecule has 1 unspecified atom stereocenters. The third-order valence-corrected chi connectivity index (χ3v) is 3.48. The first-order valence-electron chi connectivity index (χ1n) is 6.16. The summed E-state index contributed by atoms with van der Waals surface area (Å²) in [5.74, 6) is 1.35. The minimum absolute atomic E-state index is 0.214. The predicted octanol–water partition coefficient (Wildman–Crippen LogP) is 2.27. The zero-order valence-corrected chi connectivity index (χ0v) is 9.91. The van der Waals surface area contributed by atoms with Gasteiger partial charge >= 0.3 is 0 Å². The maximum atomic E-state index is 13.2. The Labute approximate surface area is 99.7 Å². The van der Waals surface area contributed by atoms with E-state index >= 15 is 0 Å². The summed E-state index contributed by atoms with van der Waals surface area (Å²) < 4.78 is 15.4. The standard InChI is InChI=1S/C13H16FN3/c1-2-17-12-4-3-10(14)7-11(12)16-13(17)9-5-6-15-8-9/h3-4,7,9,15H,2,5-6,8H2,1H3. The molecule has 90 valence electrons. The fourth-order valence-corrected chi connectivity index (χ4v) is 2.64. The van der Waals surface area contributed by atoms with Gasteiger partial charge in [-0.05, 0) is 32.0 Å². The SMILES string of the molecule is CCn1c(C2CCNC2)nc2cc(F)ccc21. The number of hydrogen-bond donors (Lipinski definition) is 1. The lowest BCUT2D eigenvalue weighted by Gasteiger charge is -2.10. The number of fused-ring (bicyclic) bond motifs is 1. The van der Waals surface area contributed by atoms with Gasteiger partial charge in [0.1, 0.15) is 11.6 Å². The molecule has 0 saturated carbocycles. The van der Waals surface area contributed by atoms with E-state index in [-0.39, 0.29) is 5.82 Å². The quantitative estimate of drug-likeness (QED) is 0.862. The van der Waals surface area contributed by atoms with Crippen LogP contribution >= 0.6 is 0 Å². The monoisotopic (exact) mass is 233 g/mol. The second-order valence-corrected chi connectivity index (χ2v) is 4.54. The van der Waals surface area contributed by atoms with E-state index in [1.807, 2.05) is 6.07 Å². The van der Waals surface area contributed by atoms with Gasteiger partial charge in [0.15, 0.2) is 0 Å². The molecule has 1 atom stereocenters. The van der Waals surface area contributed by atoms with Gasteiger partial charge in [0.25, 0.3) is 0 Å². The van der Waals surface area contributed by atoms with Gasteiger partial charge in [-0.25, -0.2) is 9.37 Å². The van der Waals surface area contributed by atoms with Crippen molar-refractivity contribution in [2.75, 3.05) is 13.1 Å². The normalized spacial score (nSPS) is 20.2. The highest BCUT2D eigenvalue weighted by molar-refractivity contribution is 5.76. The topological polar surface area (TPSA) is 29.9 Å². The summed E-state index contributed by atoms with van der Waals surface area (Å²) >= 11 is 0. The highest BCUT2D eigenvalue weighted by Crippen LogP contribution is 2.26. The van der Waals surface area contributed by atoms with Crippen LogP contribution in [0.2, 0.25) is 0 Å². The highest BCUT2D eigenvalue weighted by Gasteiger charge is 2.22. The van der Waals surface area contributed by atoms with E-state index in [0.29, 0.717) is 5.92 Å². The Kier molecular flexibility index (Phi) is 2.59. The van der Waals surface area contributed by atoms with Crippen LogP contribution in [0.4, 0.5) is 4.39 Å². The number of rotatable bonds is 2. The molecule has 17 heavy (non-hydrogen) atoms. The molecule has 1 aliphatic heterocycles. The van der Waals surface area contributed by atoms with Crippen LogP contribution in [0.5, 0.6) is 0 Å². The van der Waals surface area contributed by atoms with E-state index < -0.39 is 0 Å². The lowest BCUT2D eigenvalue weighted by Crippen LogP contribution is -2.12. The van der Waals surface area contributed by atoms with Crippen molar-refractivity contribution in [3.8, 4) is 0 Å². The van der Waals surface area contributed by atoms with Crippen LogP contribution in [0.1, 0.15) is 25.1 Å². The van der Waals surface area contributed by atoms with Crippen molar-refractivity contribution >= 4 is 11.0 Å². The summed E-state index contributed by atoms with van der Waals surface area (Å²) in [7, 11) is 0. The minimum atomic E-state index is -0.214. The molecule has 2 heterocycles. The molecule has 3 nitrogen and oxygen atoms in total. The molecule has 4 heteroatoms. The van der Waals surface area contributed by atoms with E-state index in [1.54, 1.807) is 0 Å². The Morgan fingerprint density at radius 2 is 2.41 bits per heavy atom. The Morgan fingerprint density at radius 1 is 1.53 bits per heavy atom. The van der Waals surface area contributed by atoms with Crippen LogP contribution in [0.3, 0.4) is 0 Å². The second-order valence-electron chi connectivity index (χ2n) is 4.54. The Bertz CT molecular complexity index is 541. The highest BCUT2D eigenvalue weighted by atomic mass is 19.1. The van der Waals surface area contributed by atoms with Crippen molar-refractivity contribution in [3.63, 3.8) is 0 Å². The van der Waals surface area contributed by atoms with Gasteiger partial charge in [0, 0.05) is 25.1 Å². The number of benzene rings is 1. The Morgan fingerprint density at radius 3 is 3.12 bits per heavy atom. The lowest BCUT2D eigenvalue weighted by atomic mass is 10.1. The van der Waals surface area contributed by atoms with Crippen molar-refractivity contribution in [1.82, 2.24) is 14.9 Å². The Balaban J connectivity index is 2.16. The molecule has 1 aliphatic rings. The average Bonchev–Trinajstić information content (AvgIpc) is 2.94. The van der Waals surface area contributed by atoms with Crippen molar-refractivity contribution in [1.29, 1.82) is 0 Å². The smallest absolute Gasteiger partial charge is 0.125 e. The maximum absolute atomic E-state index is 13.2. The number of aryl methyl sites for hydroxylation is 1. The van der Waals surface area contributed by atoms with Crippen molar-refractivity contribution in [2.24, 2.45) is 0 Å². The molecule has 1 aromatic heterocycles. The summed E-state index contributed by atoms with van der Waals surface area (Å²) in [5.41, 5.74) is 1.81. The molecule has 0 aliphatic carbocycles. The summed E-state index contributed by atoms with van der Waals surface area (Å²) in [4.78, 5) is 4.61. The average molecular weight is 233 g/mol. The molecule has 2 aromatic rings. The lowest BCUT2D eigenvalue weighted by molar-refractivity contribution is 0.628. The Hall–Kier alpha value is -1.42. The van der Waals surface area contributed by atoms with E-state index in [4.69, 9.17) is 0 Å². The molecule has 0 radical (unpaired) electrons. The van der Waals surface area contributed by atoms with E-state index in [0.717, 1.165) is 42.9 Å². The van der Waals surface area contributed by atoms with Gasteiger partial charge in [-0.3, -0.25) is 0 Å². The van der Waals surface area contributed by atoms with Crippen LogP contribution in [-0.4, -0.2) is 22.6 Å². The molecule has 0 amide bonds.